The van der Waals surface area contributed by atoms with E-state index in [4.69, 9.17) is 5.11 Å². The number of imide groups is 1. The minimum absolute atomic E-state index is 0.0589. The molecule has 0 bridgehead atoms. The minimum atomic E-state index is -0.835. The third-order valence-corrected chi connectivity index (χ3v) is 2.78. The van der Waals surface area contributed by atoms with Crippen LogP contribution in [-0.2, 0) is 9.59 Å². The van der Waals surface area contributed by atoms with Gasteiger partial charge in [0.1, 0.15) is 0 Å². The Labute approximate surface area is 106 Å². The number of rotatable bonds is 5. The molecule has 0 aromatic heterocycles. The Bertz CT molecular complexity index is 332. The molecule has 0 aliphatic carbocycles. The zero-order valence-corrected chi connectivity index (χ0v) is 10.4. The van der Waals surface area contributed by atoms with Crippen molar-refractivity contribution in [3.63, 3.8) is 0 Å². The lowest BCUT2D eigenvalue weighted by Crippen LogP contribution is -2.44. The number of carboxylic acids is 1. The molecule has 1 aliphatic heterocycles. The largest absolute Gasteiger partial charge is 0.481 e. The van der Waals surface area contributed by atoms with E-state index in [2.05, 4.69) is 10.6 Å². The Morgan fingerprint density at radius 2 is 2.11 bits per heavy atom. The van der Waals surface area contributed by atoms with E-state index in [1.165, 1.54) is 0 Å². The van der Waals surface area contributed by atoms with E-state index in [9.17, 15) is 14.4 Å². The van der Waals surface area contributed by atoms with Gasteiger partial charge >= 0.3 is 12.0 Å². The summed E-state index contributed by atoms with van der Waals surface area (Å²) in [4.78, 5) is 35.2. The number of likely N-dealkylation sites (tertiary alicyclic amines) is 1. The second-order valence-corrected chi connectivity index (χ2v) is 4.36. The normalized spacial score (nSPS) is 19.5. The number of nitrogens with zero attached hydrogens (tertiary/aromatic N) is 1. The van der Waals surface area contributed by atoms with Crippen molar-refractivity contribution >= 4 is 17.9 Å². The molecule has 0 aromatic carbocycles. The smallest absolute Gasteiger partial charge is 0.321 e. The molecule has 7 nitrogen and oxygen atoms in total. The van der Waals surface area contributed by atoms with Gasteiger partial charge in [0.05, 0.1) is 12.5 Å². The molecule has 18 heavy (non-hydrogen) atoms. The SMILES string of the molecule is CCCNC(=O)NC(=O)CN1CCC(C(=O)O)C1. The molecule has 0 radical (unpaired) electrons. The molecule has 0 saturated carbocycles. The Morgan fingerprint density at radius 1 is 1.39 bits per heavy atom. The second-order valence-electron chi connectivity index (χ2n) is 4.36. The van der Waals surface area contributed by atoms with Crippen molar-refractivity contribution in [3.05, 3.63) is 0 Å². The van der Waals surface area contributed by atoms with Gasteiger partial charge in [-0.15, -0.1) is 0 Å². The number of nitrogens with one attached hydrogen (secondary N) is 2. The maximum Gasteiger partial charge on any atom is 0.321 e. The van der Waals surface area contributed by atoms with Crippen molar-refractivity contribution in [1.29, 1.82) is 0 Å². The zero-order chi connectivity index (χ0) is 13.5. The summed E-state index contributed by atoms with van der Waals surface area (Å²) in [5, 5.41) is 13.6. The highest BCUT2D eigenvalue weighted by Gasteiger charge is 2.29. The predicted octanol–water partition coefficient (Wildman–Crippen LogP) is -0.371. The molecular formula is C11H19N3O4. The number of carbonyl (C=O) groups is 3. The predicted molar refractivity (Wildman–Crippen MR) is 64.0 cm³/mol. The number of carboxylic acid groups (broad SMARTS) is 1. The van der Waals surface area contributed by atoms with Crippen LogP contribution in [0.4, 0.5) is 4.79 Å². The summed E-state index contributed by atoms with van der Waals surface area (Å²) in [6.45, 7) is 3.42. The standard InChI is InChI=1S/C11H19N3O4/c1-2-4-12-11(18)13-9(15)7-14-5-3-8(6-14)10(16)17/h8H,2-7H2,1H3,(H,16,17)(H2,12,13,15,18). The van der Waals surface area contributed by atoms with Crippen molar-refractivity contribution in [2.75, 3.05) is 26.2 Å². The fourth-order valence-corrected chi connectivity index (χ4v) is 1.83. The van der Waals surface area contributed by atoms with Crippen LogP contribution in [0.15, 0.2) is 0 Å². The number of aliphatic carboxylic acids is 1. The highest BCUT2D eigenvalue weighted by molar-refractivity contribution is 5.95. The van der Waals surface area contributed by atoms with Crippen LogP contribution < -0.4 is 10.6 Å². The molecule has 3 amide bonds. The average molecular weight is 257 g/mol. The fourth-order valence-electron chi connectivity index (χ4n) is 1.83. The van der Waals surface area contributed by atoms with E-state index >= 15 is 0 Å². The first-order valence-corrected chi connectivity index (χ1v) is 6.05. The molecule has 1 atom stereocenters. The van der Waals surface area contributed by atoms with Gasteiger partial charge in [-0.2, -0.15) is 0 Å². The molecule has 1 rings (SSSR count). The van der Waals surface area contributed by atoms with Gasteiger partial charge in [-0.25, -0.2) is 4.79 Å². The van der Waals surface area contributed by atoms with Gasteiger partial charge in [0.25, 0.3) is 0 Å². The Balaban J connectivity index is 2.25. The first-order chi connectivity index (χ1) is 8.52. The van der Waals surface area contributed by atoms with E-state index in [1.54, 1.807) is 4.90 Å². The Hall–Kier alpha value is -1.63. The molecule has 102 valence electrons. The highest BCUT2D eigenvalue weighted by atomic mass is 16.4. The quantitative estimate of drug-likeness (QED) is 0.624. The molecule has 0 aromatic rings. The van der Waals surface area contributed by atoms with E-state index in [-0.39, 0.29) is 6.54 Å². The number of hydrogen-bond acceptors (Lipinski definition) is 4. The van der Waals surface area contributed by atoms with Crippen LogP contribution in [0.3, 0.4) is 0 Å². The van der Waals surface area contributed by atoms with Gasteiger partial charge in [0, 0.05) is 13.1 Å². The van der Waals surface area contributed by atoms with Crippen LogP contribution in [0, 0.1) is 5.92 Å². The van der Waals surface area contributed by atoms with E-state index in [0.717, 1.165) is 6.42 Å². The first kappa shape index (κ1) is 14.4. The van der Waals surface area contributed by atoms with Gasteiger partial charge in [0.15, 0.2) is 0 Å². The van der Waals surface area contributed by atoms with E-state index in [1.807, 2.05) is 6.92 Å². The summed E-state index contributed by atoms with van der Waals surface area (Å²) in [6.07, 6.45) is 1.35. The van der Waals surface area contributed by atoms with Crippen LogP contribution >= 0.6 is 0 Å². The summed E-state index contributed by atoms with van der Waals surface area (Å²) >= 11 is 0. The lowest BCUT2D eigenvalue weighted by atomic mass is 10.1. The maximum atomic E-state index is 11.5. The van der Waals surface area contributed by atoms with Crippen molar-refractivity contribution in [2.24, 2.45) is 5.92 Å². The van der Waals surface area contributed by atoms with Gasteiger partial charge in [-0.1, -0.05) is 6.92 Å². The lowest BCUT2D eigenvalue weighted by Gasteiger charge is -2.14. The number of carbonyl (C=O) groups excluding carboxylic acids is 2. The van der Waals surface area contributed by atoms with Crippen LogP contribution in [0.2, 0.25) is 0 Å². The minimum Gasteiger partial charge on any atom is -0.481 e. The Morgan fingerprint density at radius 3 is 2.67 bits per heavy atom. The van der Waals surface area contributed by atoms with Crippen molar-refractivity contribution in [1.82, 2.24) is 15.5 Å². The monoisotopic (exact) mass is 257 g/mol. The van der Waals surface area contributed by atoms with Crippen molar-refractivity contribution in [2.45, 2.75) is 19.8 Å². The third-order valence-electron chi connectivity index (χ3n) is 2.78. The molecule has 1 saturated heterocycles. The second kappa shape index (κ2) is 6.95. The summed E-state index contributed by atoms with van der Waals surface area (Å²) in [5.74, 6) is -1.65. The summed E-state index contributed by atoms with van der Waals surface area (Å²) in [6, 6.07) is -0.504. The molecule has 0 spiro atoms. The molecule has 1 fully saturated rings. The number of amides is 3. The molecule has 1 aliphatic rings. The third kappa shape index (κ3) is 4.70. The summed E-state index contributed by atoms with van der Waals surface area (Å²) < 4.78 is 0. The zero-order valence-electron chi connectivity index (χ0n) is 10.4. The molecule has 3 N–H and O–H groups in total. The highest BCUT2D eigenvalue weighted by Crippen LogP contribution is 2.15. The average Bonchev–Trinajstić information content (AvgIpc) is 2.74. The van der Waals surface area contributed by atoms with Crippen LogP contribution in [0.5, 0.6) is 0 Å². The van der Waals surface area contributed by atoms with Gasteiger partial charge in [0.2, 0.25) is 5.91 Å². The summed E-state index contributed by atoms with van der Waals surface area (Å²) in [7, 11) is 0. The fraction of sp³-hybridized carbons (Fsp3) is 0.727. The van der Waals surface area contributed by atoms with Crippen LogP contribution in [0.1, 0.15) is 19.8 Å². The van der Waals surface area contributed by atoms with E-state index in [0.29, 0.717) is 26.1 Å². The first-order valence-electron chi connectivity index (χ1n) is 6.05. The topological polar surface area (TPSA) is 98.7 Å². The molecule has 1 heterocycles. The van der Waals surface area contributed by atoms with Crippen LogP contribution in [-0.4, -0.2) is 54.1 Å². The lowest BCUT2D eigenvalue weighted by molar-refractivity contribution is -0.141. The molecular weight excluding hydrogens is 238 g/mol. The summed E-state index contributed by atoms with van der Waals surface area (Å²) in [5.41, 5.74) is 0. The maximum absolute atomic E-state index is 11.5. The van der Waals surface area contributed by atoms with Crippen molar-refractivity contribution < 1.29 is 19.5 Å². The van der Waals surface area contributed by atoms with Gasteiger partial charge < -0.3 is 10.4 Å². The number of urea groups is 1. The van der Waals surface area contributed by atoms with Crippen LogP contribution in [0.25, 0.3) is 0 Å². The van der Waals surface area contributed by atoms with E-state index < -0.39 is 23.8 Å². The van der Waals surface area contributed by atoms with Gasteiger partial charge in [-0.3, -0.25) is 19.8 Å². The molecule has 1 unspecified atom stereocenters. The Kier molecular flexibility index (Phi) is 5.57. The number of hydrogen-bond donors (Lipinski definition) is 3. The molecule has 7 heteroatoms. The van der Waals surface area contributed by atoms with Crippen molar-refractivity contribution in [3.8, 4) is 0 Å². The van der Waals surface area contributed by atoms with Gasteiger partial charge in [-0.05, 0) is 19.4 Å².